The van der Waals surface area contributed by atoms with Crippen LogP contribution in [0.3, 0.4) is 0 Å². The van der Waals surface area contributed by atoms with Crippen LogP contribution >= 0.6 is 0 Å². The van der Waals surface area contributed by atoms with E-state index >= 15 is 0 Å². The van der Waals surface area contributed by atoms with Crippen LogP contribution in [-0.4, -0.2) is 0 Å². The maximum absolute atomic E-state index is 5.83. The zero-order valence-corrected chi connectivity index (χ0v) is 9.77. The molecule has 1 unspecified atom stereocenters. The predicted octanol–water partition coefficient (Wildman–Crippen LogP) is 3.73. The topological polar surface area (TPSA) is 26.0 Å². The minimum Gasteiger partial charge on any atom is -0.399 e. The molecule has 0 aliphatic rings. The molecule has 2 aromatic carbocycles. The summed E-state index contributed by atoms with van der Waals surface area (Å²) in [7, 11) is 0. The standard InChI is InChI=1S/C15H17N/c1-11-10-14(8-9-15(11)16)12(2)13-6-4-3-5-7-13/h3-10,12H,16H2,1-2H3. The molecule has 1 atom stereocenters. The van der Waals surface area contributed by atoms with Crippen molar-refractivity contribution in [2.45, 2.75) is 19.8 Å². The fourth-order valence-corrected chi connectivity index (χ4v) is 1.90. The van der Waals surface area contributed by atoms with E-state index in [-0.39, 0.29) is 0 Å². The lowest BCUT2D eigenvalue weighted by Crippen LogP contribution is -1.98. The summed E-state index contributed by atoms with van der Waals surface area (Å²) in [6.07, 6.45) is 0. The van der Waals surface area contributed by atoms with Crippen LogP contribution in [0.5, 0.6) is 0 Å². The molecule has 0 spiro atoms. The number of aryl methyl sites for hydroxylation is 1. The Morgan fingerprint density at radius 2 is 1.62 bits per heavy atom. The molecule has 16 heavy (non-hydrogen) atoms. The maximum atomic E-state index is 5.83. The van der Waals surface area contributed by atoms with Gasteiger partial charge >= 0.3 is 0 Å². The fraction of sp³-hybridized carbons (Fsp3) is 0.200. The second kappa shape index (κ2) is 4.40. The van der Waals surface area contributed by atoms with E-state index in [1.54, 1.807) is 0 Å². The fourth-order valence-electron chi connectivity index (χ4n) is 1.90. The van der Waals surface area contributed by atoms with Gasteiger partial charge < -0.3 is 5.73 Å². The Labute approximate surface area is 96.9 Å². The van der Waals surface area contributed by atoms with Crippen molar-refractivity contribution in [3.63, 3.8) is 0 Å². The van der Waals surface area contributed by atoms with E-state index in [0.717, 1.165) is 11.3 Å². The Morgan fingerprint density at radius 1 is 0.938 bits per heavy atom. The summed E-state index contributed by atoms with van der Waals surface area (Å²) in [4.78, 5) is 0. The Morgan fingerprint density at radius 3 is 2.25 bits per heavy atom. The molecule has 0 radical (unpaired) electrons. The number of benzene rings is 2. The molecular weight excluding hydrogens is 194 g/mol. The largest absolute Gasteiger partial charge is 0.399 e. The molecule has 0 bridgehead atoms. The summed E-state index contributed by atoms with van der Waals surface area (Å²) in [6, 6.07) is 16.8. The first-order valence-corrected chi connectivity index (χ1v) is 5.59. The third-order valence-electron chi connectivity index (χ3n) is 3.09. The van der Waals surface area contributed by atoms with Crippen molar-refractivity contribution in [3.8, 4) is 0 Å². The molecule has 82 valence electrons. The number of nitrogens with two attached hydrogens (primary N) is 1. The quantitative estimate of drug-likeness (QED) is 0.752. The van der Waals surface area contributed by atoms with E-state index in [4.69, 9.17) is 5.73 Å². The smallest absolute Gasteiger partial charge is 0.0343 e. The van der Waals surface area contributed by atoms with E-state index < -0.39 is 0 Å². The molecule has 0 aliphatic carbocycles. The average molecular weight is 211 g/mol. The lowest BCUT2D eigenvalue weighted by molar-refractivity contribution is 0.920. The predicted molar refractivity (Wildman–Crippen MR) is 69.6 cm³/mol. The highest BCUT2D eigenvalue weighted by molar-refractivity contribution is 5.49. The first-order chi connectivity index (χ1) is 7.68. The minimum absolute atomic E-state index is 0.417. The van der Waals surface area contributed by atoms with Crippen molar-refractivity contribution in [3.05, 3.63) is 65.2 Å². The van der Waals surface area contributed by atoms with Gasteiger partial charge in [0.1, 0.15) is 0 Å². The average Bonchev–Trinajstić information content (AvgIpc) is 2.33. The molecule has 2 N–H and O–H groups in total. The number of hydrogen-bond acceptors (Lipinski definition) is 1. The van der Waals surface area contributed by atoms with Gasteiger partial charge in [0.25, 0.3) is 0 Å². The summed E-state index contributed by atoms with van der Waals surface area (Å²) < 4.78 is 0. The first kappa shape index (κ1) is 10.7. The summed E-state index contributed by atoms with van der Waals surface area (Å²) in [5.41, 5.74) is 10.5. The van der Waals surface area contributed by atoms with Crippen LogP contribution < -0.4 is 5.73 Å². The van der Waals surface area contributed by atoms with E-state index in [9.17, 15) is 0 Å². The van der Waals surface area contributed by atoms with Gasteiger partial charge in [0.05, 0.1) is 0 Å². The molecule has 0 aromatic heterocycles. The summed E-state index contributed by atoms with van der Waals surface area (Å²) >= 11 is 0. The van der Waals surface area contributed by atoms with E-state index in [1.165, 1.54) is 11.1 Å². The van der Waals surface area contributed by atoms with Crippen molar-refractivity contribution >= 4 is 5.69 Å². The summed E-state index contributed by atoms with van der Waals surface area (Å²) in [5.74, 6) is 0.417. The lowest BCUT2D eigenvalue weighted by atomic mass is 9.92. The van der Waals surface area contributed by atoms with Gasteiger partial charge in [0.15, 0.2) is 0 Å². The third kappa shape index (κ3) is 2.08. The number of hydrogen-bond donors (Lipinski definition) is 1. The minimum atomic E-state index is 0.417. The highest BCUT2D eigenvalue weighted by Crippen LogP contribution is 2.26. The van der Waals surface area contributed by atoms with Gasteiger partial charge in [-0.1, -0.05) is 49.4 Å². The Kier molecular flexibility index (Phi) is 2.95. The van der Waals surface area contributed by atoms with Gasteiger partial charge in [-0.25, -0.2) is 0 Å². The zero-order chi connectivity index (χ0) is 11.5. The Balaban J connectivity index is 2.34. The maximum Gasteiger partial charge on any atom is 0.0343 e. The van der Waals surface area contributed by atoms with Crippen molar-refractivity contribution in [1.82, 2.24) is 0 Å². The molecule has 0 saturated carbocycles. The van der Waals surface area contributed by atoms with Crippen LogP contribution in [0.15, 0.2) is 48.5 Å². The van der Waals surface area contributed by atoms with Gasteiger partial charge in [-0.15, -0.1) is 0 Å². The monoisotopic (exact) mass is 211 g/mol. The highest BCUT2D eigenvalue weighted by Gasteiger charge is 2.08. The van der Waals surface area contributed by atoms with Gasteiger partial charge in [0, 0.05) is 11.6 Å². The van der Waals surface area contributed by atoms with Crippen molar-refractivity contribution in [2.75, 3.05) is 5.73 Å². The molecule has 2 aromatic rings. The highest BCUT2D eigenvalue weighted by atomic mass is 14.5. The van der Waals surface area contributed by atoms with Crippen LogP contribution in [0.2, 0.25) is 0 Å². The molecule has 0 fully saturated rings. The number of anilines is 1. The van der Waals surface area contributed by atoms with E-state index in [0.29, 0.717) is 5.92 Å². The van der Waals surface area contributed by atoms with Crippen LogP contribution in [0.4, 0.5) is 5.69 Å². The molecule has 0 heterocycles. The van der Waals surface area contributed by atoms with Crippen LogP contribution in [-0.2, 0) is 0 Å². The van der Waals surface area contributed by atoms with Gasteiger partial charge in [-0.05, 0) is 29.7 Å². The first-order valence-electron chi connectivity index (χ1n) is 5.59. The number of rotatable bonds is 2. The molecule has 0 amide bonds. The molecule has 0 aliphatic heterocycles. The Hall–Kier alpha value is -1.76. The number of nitrogen functional groups attached to an aromatic ring is 1. The van der Waals surface area contributed by atoms with Gasteiger partial charge in [0.2, 0.25) is 0 Å². The van der Waals surface area contributed by atoms with Crippen LogP contribution in [0, 0.1) is 6.92 Å². The van der Waals surface area contributed by atoms with Crippen LogP contribution in [0.1, 0.15) is 29.5 Å². The SMILES string of the molecule is Cc1cc(C(C)c2ccccc2)ccc1N. The van der Waals surface area contributed by atoms with Crippen LogP contribution in [0.25, 0.3) is 0 Å². The Bertz CT molecular complexity index is 474. The lowest BCUT2D eigenvalue weighted by Gasteiger charge is -2.13. The zero-order valence-electron chi connectivity index (χ0n) is 9.77. The molecule has 0 saturated heterocycles. The second-order valence-electron chi connectivity index (χ2n) is 4.25. The van der Waals surface area contributed by atoms with Crippen molar-refractivity contribution < 1.29 is 0 Å². The van der Waals surface area contributed by atoms with Crippen molar-refractivity contribution in [1.29, 1.82) is 0 Å². The summed E-state index contributed by atoms with van der Waals surface area (Å²) in [5, 5.41) is 0. The normalized spacial score (nSPS) is 12.4. The molecule has 1 heteroatoms. The van der Waals surface area contributed by atoms with E-state index in [2.05, 4.69) is 50.2 Å². The van der Waals surface area contributed by atoms with E-state index in [1.807, 2.05) is 12.1 Å². The third-order valence-corrected chi connectivity index (χ3v) is 3.09. The van der Waals surface area contributed by atoms with Crippen molar-refractivity contribution in [2.24, 2.45) is 0 Å². The molecule has 1 nitrogen and oxygen atoms in total. The summed E-state index contributed by atoms with van der Waals surface area (Å²) in [6.45, 7) is 4.27. The second-order valence-corrected chi connectivity index (χ2v) is 4.25. The molecule has 2 rings (SSSR count). The van der Waals surface area contributed by atoms with Gasteiger partial charge in [-0.3, -0.25) is 0 Å². The van der Waals surface area contributed by atoms with Gasteiger partial charge in [-0.2, -0.15) is 0 Å². The molecular formula is C15H17N.